The number of halogens is 1. The Bertz CT molecular complexity index is 634. The lowest BCUT2D eigenvalue weighted by Gasteiger charge is -2.27. The van der Waals surface area contributed by atoms with Crippen LogP contribution in [0.5, 0.6) is 0 Å². The second-order valence-electron chi connectivity index (χ2n) is 7.64. The smallest absolute Gasteiger partial charge is 0.335 e. The topological polar surface area (TPSA) is 130 Å². The molecule has 8 nitrogen and oxygen atoms in total. The van der Waals surface area contributed by atoms with Crippen molar-refractivity contribution in [3.8, 4) is 0 Å². The monoisotopic (exact) mass is 430 g/mol. The summed E-state index contributed by atoms with van der Waals surface area (Å²) in [5, 5.41) is 36.8. The Labute approximate surface area is 176 Å². The van der Waals surface area contributed by atoms with Gasteiger partial charge in [0, 0.05) is 24.7 Å². The van der Waals surface area contributed by atoms with E-state index in [0.29, 0.717) is 5.92 Å². The van der Waals surface area contributed by atoms with E-state index in [2.05, 4.69) is 36.2 Å². The highest BCUT2D eigenvalue weighted by atomic mass is 35.5. The van der Waals surface area contributed by atoms with Gasteiger partial charge < -0.3 is 25.7 Å². The van der Waals surface area contributed by atoms with Crippen LogP contribution in [-0.4, -0.2) is 75.7 Å². The van der Waals surface area contributed by atoms with Gasteiger partial charge in [-0.15, -0.1) is 0 Å². The van der Waals surface area contributed by atoms with Gasteiger partial charge in [0.2, 0.25) is 0 Å². The normalized spacial score (nSPS) is 18.2. The van der Waals surface area contributed by atoms with Crippen LogP contribution in [-0.2, 0) is 16.1 Å². The number of rotatable bonds is 9. The van der Waals surface area contributed by atoms with Gasteiger partial charge in [0.1, 0.15) is 0 Å². The van der Waals surface area contributed by atoms with Gasteiger partial charge in [0.05, 0.1) is 0 Å². The summed E-state index contributed by atoms with van der Waals surface area (Å²) in [5.41, 5.74) is 1.32. The largest absolute Gasteiger partial charge is 0.479 e. The fourth-order valence-electron chi connectivity index (χ4n) is 3.12. The van der Waals surface area contributed by atoms with Crippen molar-refractivity contribution in [2.75, 3.05) is 26.2 Å². The van der Waals surface area contributed by atoms with Gasteiger partial charge in [0.25, 0.3) is 0 Å². The first-order chi connectivity index (χ1) is 13.6. The fraction of sp³-hybridized carbons (Fsp3) is 0.600. The molecule has 0 amide bonds. The lowest BCUT2D eigenvalue weighted by molar-refractivity contribution is -0.165. The van der Waals surface area contributed by atoms with Crippen LogP contribution in [0, 0.1) is 11.8 Å². The summed E-state index contributed by atoms with van der Waals surface area (Å²) in [6.45, 7) is 10.3. The molecule has 0 aromatic heterocycles. The van der Waals surface area contributed by atoms with E-state index in [1.165, 1.54) is 31.6 Å². The average molecular weight is 431 g/mol. The molecule has 164 valence electrons. The van der Waals surface area contributed by atoms with Crippen LogP contribution in [0.15, 0.2) is 24.3 Å². The Morgan fingerprint density at radius 1 is 1.21 bits per heavy atom. The van der Waals surface area contributed by atoms with E-state index in [0.717, 1.165) is 24.0 Å². The molecule has 2 unspecified atom stereocenters. The molecule has 1 aromatic carbocycles. The molecule has 29 heavy (non-hydrogen) atoms. The van der Waals surface area contributed by atoms with Crippen LogP contribution in [0.1, 0.15) is 25.8 Å². The van der Waals surface area contributed by atoms with Gasteiger partial charge in [-0.05, 0) is 49.0 Å². The van der Waals surface area contributed by atoms with Crippen LogP contribution in [0.3, 0.4) is 0 Å². The van der Waals surface area contributed by atoms with Crippen molar-refractivity contribution in [3.05, 3.63) is 34.9 Å². The minimum atomic E-state index is -2.27. The van der Waals surface area contributed by atoms with E-state index in [4.69, 9.17) is 32.0 Å². The molecule has 1 aliphatic rings. The molecule has 0 bridgehead atoms. The molecule has 0 saturated carbocycles. The Balaban J connectivity index is 0.000000359. The molecule has 5 N–H and O–H groups in total. The molecular formula is C20H31ClN2O6. The second kappa shape index (κ2) is 12.8. The predicted octanol–water partition coefficient (Wildman–Crippen LogP) is 1.28. The van der Waals surface area contributed by atoms with Crippen LogP contribution in [0.2, 0.25) is 5.02 Å². The zero-order valence-corrected chi connectivity index (χ0v) is 17.5. The Morgan fingerprint density at radius 2 is 1.83 bits per heavy atom. The molecular weight excluding hydrogens is 400 g/mol. The first-order valence-corrected chi connectivity index (χ1v) is 9.97. The molecule has 1 saturated heterocycles. The number of aliphatic carboxylic acids is 2. The molecule has 9 heteroatoms. The quantitative estimate of drug-likeness (QED) is 0.396. The highest BCUT2D eigenvalue weighted by Crippen LogP contribution is 2.16. The van der Waals surface area contributed by atoms with Gasteiger partial charge >= 0.3 is 11.9 Å². The van der Waals surface area contributed by atoms with Crippen molar-refractivity contribution in [3.63, 3.8) is 0 Å². The van der Waals surface area contributed by atoms with Crippen molar-refractivity contribution in [2.24, 2.45) is 11.8 Å². The van der Waals surface area contributed by atoms with Crippen molar-refractivity contribution in [1.29, 1.82) is 0 Å². The van der Waals surface area contributed by atoms with Gasteiger partial charge in [-0.3, -0.25) is 4.90 Å². The number of carboxylic acid groups (broad SMARTS) is 2. The molecule has 0 radical (unpaired) electrons. The summed E-state index contributed by atoms with van der Waals surface area (Å²) in [4.78, 5) is 22.1. The first kappa shape index (κ1) is 25.3. The lowest BCUT2D eigenvalue weighted by atomic mass is 10.1. The molecule has 1 aliphatic heterocycles. The maximum absolute atomic E-state index is 9.77. The number of benzene rings is 1. The highest BCUT2D eigenvalue weighted by molar-refractivity contribution is 6.30. The Kier molecular flexibility index (Phi) is 11.2. The zero-order valence-electron chi connectivity index (χ0n) is 16.8. The minimum Gasteiger partial charge on any atom is -0.479 e. The standard InChI is InChI=1S/C16H25ClN2.C4H6O6/c1-13(2)10-19(12-15-6-7-18-9-15)11-14-4-3-5-16(17)8-14;5-1(3(7)8)2(6)4(9)10/h3-5,8,13,15,18H,6-7,9-12H2,1-2H3;1-2,5-6H,(H,7,8)(H,9,10)/t15-;/m0./s1. The molecule has 0 spiro atoms. The second-order valence-corrected chi connectivity index (χ2v) is 8.08. The summed E-state index contributed by atoms with van der Waals surface area (Å²) in [6.07, 6.45) is -3.22. The van der Waals surface area contributed by atoms with Crippen molar-refractivity contribution >= 4 is 23.5 Å². The lowest BCUT2D eigenvalue weighted by Crippen LogP contribution is -2.39. The van der Waals surface area contributed by atoms with Crippen LogP contribution in [0.25, 0.3) is 0 Å². The SMILES string of the molecule is CC(C)CN(Cc1cccc(Cl)c1)C[C@H]1CCNC1.O=C(O)C(O)C(O)C(=O)O. The summed E-state index contributed by atoms with van der Waals surface area (Å²) in [7, 11) is 0. The Hall–Kier alpha value is -1.71. The number of hydrogen-bond donors (Lipinski definition) is 5. The number of carboxylic acids is 2. The maximum Gasteiger partial charge on any atom is 0.335 e. The predicted molar refractivity (Wildman–Crippen MR) is 110 cm³/mol. The van der Waals surface area contributed by atoms with E-state index in [9.17, 15) is 9.59 Å². The Morgan fingerprint density at radius 3 is 2.28 bits per heavy atom. The number of nitrogens with one attached hydrogen (secondary N) is 1. The van der Waals surface area contributed by atoms with Gasteiger partial charge in [-0.2, -0.15) is 0 Å². The van der Waals surface area contributed by atoms with Crippen LogP contribution >= 0.6 is 11.6 Å². The highest BCUT2D eigenvalue weighted by Gasteiger charge is 2.29. The van der Waals surface area contributed by atoms with Crippen molar-refractivity contribution < 1.29 is 30.0 Å². The van der Waals surface area contributed by atoms with E-state index < -0.39 is 24.1 Å². The van der Waals surface area contributed by atoms with Crippen LogP contribution < -0.4 is 5.32 Å². The molecule has 1 heterocycles. The molecule has 1 aromatic rings. The maximum atomic E-state index is 9.77. The molecule has 3 atom stereocenters. The fourth-order valence-corrected chi connectivity index (χ4v) is 3.33. The third-order valence-electron chi connectivity index (χ3n) is 4.40. The summed E-state index contributed by atoms with van der Waals surface area (Å²) >= 11 is 6.08. The third kappa shape index (κ3) is 10.0. The minimum absolute atomic E-state index is 0.702. The third-order valence-corrected chi connectivity index (χ3v) is 4.64. The number of nitrogens with zero attached hydrogens (tertiary/aromatic N) is 1. The van der Waals surface area contributed by atoms with E-state index in [-0.39, 0.29) is 0 Å². The summed E-state index contributed by atoms with van der Waals surface area (Å²) in [5.74, 6) is -2.03. The van der Waals surface area contributed by atoms with Crippen molar-refractivity contribution in [2.45, 2.75) is 39.0 Å². The van der Waals surface area contributed by atoms with Gasteiger partial charge in [-0.1, -0.05) is 37.6 Å². The number of aliphatic hydroxyl groups is 2. The van der Waals surface area contributed by atoms with E-state index in [1.807, 2.05) is 12.1 Å². The van der Waals surface area contributed by atoms with Crippen molar-refractivity contribution in [1.82, 2.24) is 10.2 Å². The molecule has 1 fully saturated rings. The number of hydrogen-bond acceptors (Lipinski definition) is 6. The van der Waals surface area contributed by atoms with Crippen LogP contribution in [0.4, 0.5) is 0 Å². The number of carbonyl (C=O) groups is 2. The average Bonchev–Trinajstić information content (AvgIpc) is 3.13. The first-order valence-electron chi connectivity index (χ1n) is 9.59. The van der Waals surface area contributed by atoms with Gasteiger partial charge in [0.15, 0.2) is 12.2 Å². The summed E-state index contributed by atoms with van der Waals surface area (Å²) in [6, 6.07) is 8.25. The van der Waals surface area contributed by atoms with E-state index in [1.54, 1.807) is 0 Å². The summed E-state index contributed by atoms with van der Waals surface area (Å²) < 4.78 is 0. The van der Waals surface area contributed by atoms with E-state index >= 15 is 0 Å². The zero-order chi connectivity index (χ0) is 22.0. The number of aliphatic hydroxyl groups excluding tert-OH is 2. The molecule has 0 aliphatic carbocycles. The van der Waals surface area contributed by atoms with Gasteiger partial charge in [-0.25, -0.2) is 9.59 Å². The molecule has 2 rings (SSSR count).